The summed E-state index contributed by atoms with van der Waals surface area (Å²) in [5, 5.41) is 4.72. The molecule has 0 unspecified atom stereocenters. The first-order chi connectivity index (χ1) is 14.2. The average Bonchev–Trinajstić information content (AvgIpc) is 3.35. The fraction of sp³-hybridized carbons (Fsp3) is 0.150. The minimum atomic E-state index is -4.59. The van der Waals surface area contributed by atoms with E-state index >= 15 is 0 Å². The van der Waals surface area contributed by atoms with Gasteiger partial charge < -0.3 is 4.90 Å². The van der Waals surface area contributed by atoms with Crippen molar-refractivity contribution in [2.45, 2.75) is 12.7 Å². The number of benzene rings is 2. The Morgan fingerprint density at radius 2 is 1.97 bits per heavy atom. The van der Waals surface area contributed by atoms with Crippen LogP contribution in [0.15, 0.2) is 54.9 Å². The van der Waals surface area contributed by atoms with Gasteiger partial charge in [-0.15, -0.1) is 0 Å². The van der Waals surface area contributed by atoms with Crippen LogP contribution in [-0.4, -0.2) is 32.6 Å². The number of hydrogen-bond donors (Lipinski definition) is 0. The molecule has 2 aromatic carbocycles. The number of hydrogen-bond acceptors (Lipinski definition) is 4. The Morgan fingerprint density at radius 1 is 1.20 bits per heavy atom. The maximum Gasteiger partial charge on any atom is 0.416 e. The first kappa shape index (κ1) is 20.0. The van der Waals surface area contributed by atoms with Crippen LogP contribution in [0.25, 0.3) is 15.3 Å². The fourth-order valence-corrected chi connectivity index (χ4v) is 3.81. The molecule has 4 aromatic rings. The van der Waals surface area contributed by atoms with E-state index < -0.39 is 23.5 Å². The van der Waals surface area contributed by atoms with Gasteiger partial charge in [0.2, 0.25) is 5.13 Å². The van der Waals surface area contributed by atoms with E-state index in [0.717, 1.165) is 21.2 Å². The van der Waals surface area contributed by atoms with Crippen LogP contribution in [0.5, 0.6) is 0 Å². The quantitative estimate of drug-likeness (QED) is 0.429. The second-order valence-electron chi connectivity index (χ2n) is 6.60. The molecule has 0 bridgehead atoms. The third kappa shape index (κ3) is 3.90. The zero-order chi connectivity index (χ0) is 21.5. The molecular weight excluding hydrogens is 420 g/mol. The maximum absolute atomic E-state index is 14.0. The lowest BCUT2D eigenvalue weighted by Gasteiger charge is -2.18. The predicted molar refractivity (Wildman–Crippen MR) is 104 cm³/mol. The molecule has 0 aliphatic heterocycles. The highest BCUT2D eigenvalue weighted by molar-refractivity contribution is 7.20. The maximum atomic E-state index is 14.0. The second kappa shape index (κ2) is 7.52. The minimum Gasteiger partial charge on any atom is -0.337 e. The number of alkyl halides is 3. The van der Waals surface area contributed by atoms with E-state index in [1.807, 2.05) is 24.3 Å². The molecule has 0 fully saturated rings. The summed E-state index contributed by atoms with van der Waals surface area (Å²) < 4.78 is 55.1. The molecule has 30 heavy (non-hydrogen) atoms. The molecule has 0 atom stereocenters. The Kier molecular flexibility index (Phi) is 5.02. The number of carbonyl (C=O) groups excluding carboxylic acids is 1. The van der Waals surface area contributed by atoms with Crippen molar-refractivity contribution >= 4 is 27.5 Å². The van der Waals surface area contributed by atoms with Crippen molar-refractivity contribution in [2.75, 3.05) is 7.05 Å². The van der Waals surface area contributed by atoms with Crippen molar-refractivity contribution in [3.05, 3.63) is 77.4 Å². The van der Waals surface area contributed by atoms with Crippen LogP contribution in [0, 0.1) is 5.82 Å². The number of para-hydroxylation sites is 1. The van der Waals surface area contributed by atoms with E-state index in [-0.39, 0.29) is 17.7 Å². The first-order valence-electron chi connectivity index (χ1n) is 8.74. The molecule has 2 heterocycles. The van der Waals surface area contributed by atoms with Gasteiger partial charge in [-0.3, -0.25) is 4.79 Å². The zero-order valence-electron chi connectivity index (χ0n) is 15.5. The van der Waals surface area contributed by atoms with Gasteiger partial charge in [0.05, 0.1) is 27.5 Å². The minimum absolute atomic E-state index is 0.212. The Hall–Kier alpha value is -3.27. The summed E-state index contributed by atoms with van der Waals surface area (Å²) in [6, 6.07) is 9.68. The lowest BCUT2D eigenvalue weighted by atomic mass is 10.1. The van der Waals surface area contributed by atoms with Gasteiger partial charge in [0.15, 0.2) is 0 Å². The van der Waals surface area contributed by atoms with Crippen molar-refractivity contribution in [3.63, 3.8) is 0 Å². The number of fused-ring (bicyclic) bond motifs is 1. The Morgan fingerprint density at radius 3 is 2.70 bits per heavy atom. The van der Waals surface area contributed by atoms with E-state index in [9.17, 15) is 22.4 Å². The SMILES string of the molecule is CN(Cc1cc(C(F)(F)F)ccc1F)C(=O)c1cnn(-c2nc3ccccc3s2)c1. The van der Waals surface area contributed by atoms with Gasteiger partial charge in [-0.2, -0.15) is 18.3 Å². The Bertz CT molecular complexity index is 1200. The Balaban J connectivity index is 1.54. The molecule has 10 heteroatoms. The van der Waals surface area contributed by atoms with E-state index in [2.05, 4.69) is 10.1 Å². The topological polar surface area (TPSA) is 51.0 Å². The van der Waals surface area contributed by atoms with Gasteiger partial charge in [0.1, 0.15) is 5.82 Å². The highest BCUT2D eigenvalue weighted by Crippen LogP contribution is 2.30. The molecule has 2 aromatic heterocycles. The van der Waals surface area contributed by atoms with Crippen LogP contribution >= 0.6 is 11.3 Å². The van der Waals surface area contributed by atoms with E-state index in [1.54, 1.807) is 0 Å². The van der Waals surface area contributed by atoms with Gasteiger partial charge >= 0.3 is 6.18 Å². The number of nitrogens with zero attached hydrogens (tertiary/aromatic N) is 4. The van der Waals surface area contributed by atoms with Crippen LogP contribution < -0.4 is 0 Å². The van der Waals surface area contributed by atoms with Gasteiger partial charge in [-0.05, 0) is 30.3 Å². The molecule has 4 rings (SSSR count). The molecule has 154 valence electrons. The van der Waals surface area contributed by atoms with Crippen molar-refractivity contribution in [3.8, 4) is 5.13 Å². The summed E-state index contributed by atoms with van der Waals surface area (Å²) in [6.45, 7) is -0.319. The van der Waals surface area contributed by atoms with Crippen LogP contribution in [-0.2, 0) is 12.7 Å². The van der Waals surface area contributed by atoms with Gasteiger partial charge in [-0.25, -0.2) is 14.1 Å². The highest BCUT2D eigenvalue weighted by atomic mass is 32.1. The van der Waals surface area contributed by atoms with Crippen molar-refractivity contribution in [1.82, 2.24) is 19.7 Å². The number of halogens is 4. The molecule has 0 saturated carbocycles. The summed E-state index contributed by atoms with van der Waals surface area (Å²) in [4.78, 5) is 18.3. The number of amides is 1. The molecule has 0 saturated heterocycles. The molecule has 0 radical (unpaired) electrons. The standard InChI is InChI=1S/C20H14F4N4OS/c1-27(10-12-8-14(20(22,23)24)6-7-15(12)21)18(29)13-9-25-28(11-13)19-26-16-4-2-3-5-17(16)30-19/h2-9,11H,10H2,1H3. The predicted octanol–water partition coefficient (Wildman–Crippen LogP) is 4.91. The summed E-state index contributed by atoms with van der Waals surface area (Å²) in [6.07, 6.45) is -1.77. The first-order valence-corrected chi connectivity index (χ1v) is 9.56. The second-order valence-corrected chi connectivity index (χ2v) is 7.61. The van der Waals surface area contributed by atoms with Gasteiger partial charge in [0.25, 0.3) is 5.91 Å². The third-order valence-corrected chi connectivity index (χ3v) is 5.46. The number of aromatic nitrogens is 3. The average molecular weight is 434 g/mol. The van der Waals surface area contributed by atoms with E-state index in [0.29, 0.717) is 17.3 Å². The third-order valence-electron chi connectivity index (χ3n) is 4.44. The zero-order valence-corrected chi connectivity index (χ0v) is 16.3. The largest absolute Gasteiger partial charge is 0.416 e. The van der Waals surface area contributed by atoms with Crippen molar-refractivity contribution < 1.29 is 22.4 Å². The smallest absolute Gasteiger partial charge is 0.337 e. The van der Waals surface area contributed by atoms with E-state index in [1.165, 1.54) is 35.5 Å². The number of rotatable bonds is 4. The number of carbonyl (C=O) groups is 1. The normalized spacial score (nSPS) is 11.8. The van der Waals surface area contributed by atoms with Gasteiger partial charge in [0, 0.05) is 25.4 Å². The summed E-state index contributed by atoms with van der Waals surface area (Å²) in [5.41, 5.74) is -0.176. The van der Waals surface area contributed by atoms with Crippen LogP contribution in [0.3, 0.4) is 0 Å². The summed E-state index contributed by atoms with van der Waals surface area (Å²) >= 11 is 1.40. The highest BCUT2D eigenvalue weighted by Gasteiger charge is 2.31. The van der Waals surface area contributed by atoms with Crippen molar-refractivity contribution in [1.29, 1.82) is 0 Å². The van der Waals surface area contributed by atoms with Crippen LogP contribution in [0.2, 0.25) is 0 Å². The molecule has 1 amide bonds. The number of thiazole rings is 1. The lowest BCUT2D eigenvalue weighted by Crippen LogP contribution is -2.26. The summed E-state index contributed by atoms with van der Waals surface area (Å²) in [7, 11) is 1.39. The molecule has 0 aliphatic rings. The van der Waals surface area contributed by atoms with Crippen molar-refractivity contribution in [2.24, 2.45) is 0 Å². The molecule has 0 aliphatic carbocycles. The fourth-order valence-electron chi connectivity index (χ4n) is 2.92. The van der Waals surface area contributed by atoms with Crippen LogP contribution in [0.4, 0.5) is 17.6 Å². The van der Waals surface area contributed by atoms with Crippen LogP contribution in [0.1, 0.15) is 21.5 Å². The summed E-state index contributed by atoms with van der Waals surface area (Å²) in [5.74, 6) is -1.31. The van der Waals surface area contributed by atoms with E-state index in [4.69, 9.17) is 0 Å². The Labute approximate surface area is 172 Å². The monoisotopic (exact) mass is 434 g/mol. The molecule has 0 spiro atoms. The molecule has 0 N–H and O–H groups in total. The van der Waals surface area contributed by atoms with Gasteiger partial charge in [-0.1, -0.05) is 23.5 Å². The lowest BCUT2D eigenvalue weighted by molar-refractivity contribution is -0.137. The molecular formula is C20H14F4N4OS. The molecule has 5 nitrogen and oxygen atoms in total.